The van der Waals surface area contributed by atoms with E-state index in [1.165, 1.54) is 37.7 Å². The number of nitrogens with zero attached hydrogens (tertiary/aromatic N) is 2. The van der Waals surface area contributed by atoms with Crippen molar-refractivity contribution in [3.05, 3.63) is 35.9 Å². The van der Waals surface area contributed by atoms with Crippen molar-refractivity contribution in [3.63, 3.8) is 0 Å². The molecule has 1 atom stereocenters. The average molecular weight is 302 g/mol. The van der Waals surface area contributed by atoms with Gasteiger partial charge in [-0.1, -0.05) is 36.8 Å². The summed E-state index contributed by atoms with van der Waals surface area (Å²) in [5.74, 6) is -0.697. The van der Waals surface area contributed by atoms with E-state index in [9.17, 15) is 4.79 Å². The lowest BCUT2D eigenvalue weighted by Gasteiger charge is -2.38. The summed E-state index contributed by atoms with van der Waals surface area (Å²) in [6.07, 6.45) is 6.04. The zero-order chi connectivity index (χ0) is 15.4. The lowest BCUT2D eigenvalue weighted by Crippen LogP contribution is -2.48. The van der Waals surface area contributed by atoms with Crippen LogP contribution in [0.3, 0.4) is 0 Å². The fraction of sp³-hybridized carbons (Fsp3) is 0.611. The number of carboxylic acid groups (broad SMARTS) is 1. The first-order valence-electron chi connectivity index (χ1n) is 8.46. The molecule has 0 unspecified atom stereocenters. The van der Waals surface area contributed by atoms with E-state index in [0.29, 0.717) is 12.1 Å². The summed E-state index contributed by atoms with van der Waals surface area (Å²) in [4.78, 5) is 15.8. The Morgan fingerprint density at radius 2 is 1.95 bits per heavy atom. The molecule has 0 bridgehead atoms. The summed E-state index contributed by atoms with van der Waals surface area (Å²) in [5, 5.41) is 9.14. The van der Waals surface area contributed by atoms with Crippen molar-refractivity contribution in [2.75, 3.05) is 19.6 Å². The largest absolute Gasteiger partial charge is 0.480 e. The van der Waals surface area contributed by atoms with Crippen LogP contribution in [0.25, 0.3) is 0 Å². The smallest absolute Gasteiger partial charge is 0.317 e. The van der Waals surface area contributed by atoms with Crippen molar-refractivity contribution >= 4 is 5.97 Å². The second-order valence-electron chi connectivity index (χ2n) is 6.66. The third-order valence-electron chi connectivity index (χ3n) is 4.82. The minimum absolute atomic E-state index is 0.195. The maximum atomic E-state index is 11.1. The van der Waals surface area contributed by atoms with Crippen LogP contribution in [0.15, 0.2) is 30.3 Å². The first-order chi connectivity index (χ1) is 10.7. The Labute approximate surface area is 132 Å². The van der Waals surface area contributed by atoms with Crippen molar-refractivity contribution in [1.29, 1.82) is 0 Å². The molecule has 0 amide bonds. The molecule has 1 aliphatic heterocycles. The molecular formula is C18H26N2O2. The number of aliphatic carboxylic acids is 1. The van der Waals surface area contributed by atoms with Crippen molar-refractivity contribution < 1.29 is 9.90 Å². The molecule has 1 aromatic carbocycles. The molecule has 4 nitrogen and oxygen atoms in total. The topological polar surface area (TPSA) is 43.8 Å². The molecule has 1 heterocycles. The maximum absolute atomic E-state index is 11.1. The number of hydrogen-bond acceptors (Lipinski definition) is 3. The van der Waals surface area contributed by atoms with Gasteiger partial charge in [0.25, 0.3) is 0 Å². The molecule has 1 aliphatic carbocycles. The lowest BCUT2D eigenvalue weighted by molar-refractivity contribution is -0.138. The maximum Gasteiger partial charge on any atom is 0.317 e. The summed E-state index contributed by atoms with van der Waals surface area (Å²) in [5.41, 5.74) is 1.35. The van der Waals surface area contributed by atoms with E-state index in [2.05, 4.69) is 40.1 Å². The van der Waals surface area contributed by atoms with E-state index in [4.69, 9.17) is 5.11 Å². The number of carbonyl (C=O) groups is 1. The molecule has 1 N–H and O–H groups in total. The van der Waals surface area contributed by atoms with Gasteiger partial charge >= 0.3 is 5.97 Å². The Bertz CT molecular complexity index is 487. The summed E-state index contributed by atoms with van der Waals surface area (Å²) in [6.45, 7) is 3.21. The van der Waals surface area contributed by atoms with Crippen LogP contribution >= 0.6 is 0 Å². The van der Waals surface area contributed by atoms with Crippen LogP contribution in [-0.2, 0) is 11.3 Å². The Balaban J connectivity index is 1.62. The average Bonchev–Trinajstić information content (AvgIpc) is 3.34. The zero-order valence-electron chi connectivity index (χ0n) is 13.2. The highest BCUT2D eigenvalue weighted by Crippen LogP contribution is 2.29. The number of likely N-dealkylation sites (tertiary alicyclic amines) is 1. The Morgan fingerprint density at radius 1 is 1.18 bits per heavy atom. The van der Waals surface area contributed by atoms with Gasteiger partial charge in [0.2, 0.25) is 0 Å². The van der Waals surface area contributed by atoms with Crippen molar-refractivity contribution in [1.82, 2.24) is 9.80 Å². The second-order valence-corrected chi connectivity index (χ2v) is 6.66. The summed E-state index contributed by atoms with van der Waals surface area (Å²) in [6, 6.07) is 11.6. The van der Waals surface area contributed by atoms with Gasteiger partial charge in [-0.15, -0.1) is 0 Å². The third-order valence-corrected chi connectivity index (χ3v) is 4.82. The van der Waals surface area contributed by atoms with Gasteiger partial charge in [0.15, 0.2) is 0 Å². The van der Waals surface area contributed by atoms with Crippen LogP contribution in [0.2, 0.25) is 0 Å². The normalized spacial score (nSPS) is 22.9. The molecule has 0 radical (unpaired) electrons. The molecule has 0 aromatic heterocycles. The fourth-order valence-electron chi connectivity index (χ4n) is 3.52. The van der Waals surface area contributed by atoms with Crippen LogP contribution in [0.5, 0.6) is 0 Å². The second kappa shape index (κ2) is 7.25. The molecule has 4 heteroatoms. The first-order valence-corrected chi connectivity index (χ1v) is 8.46. The highest BCUT2D eigenvalue weighted by Gasteiger charge is 2.33. The van der Waals surface area contributed by atoms with Gasteiger partial charge in [-0.25, -0.2) is 0 Å². The van der Waals surface area contributed by atoms with E-state index in [1.54, 1.807) is 0 Å². The number of piperidine rings is 1. The highest BCUT2D eigenvalue weighted by molar-refractivity contribution is 5.69. The highest BCUT2D eigenvalue weighted by atomic mass is 16.4. The number of carboxylic acids is 1. The van der Waals surface area contributed by atoms with Crippen LogP contribution in [0.4, 0.5) is 0 Å². The molecule has 3 rings (SSSR count). The van der Waals surface area contributed by atoms with Crippen molar-refractivity contribution in [2.45, 2.75) is 50.7 Å². The van der Waals surface area contributed by atoms with Crippen LogP contribution in [-0.4, -0.2) is 52.6 Å². The van der Waals surface area contributed by atoms with E-state index in [-0.39, 0.29) is 6.54 Å². The first kappa shape index (κ1) is 15.5. The quantitative estimate of drug-likeness (QED) is 0.841. The van der Waals surface area contributed by atoms with Gasteiger partial charge in [-0.3, -0.25) is 14.6 Å². The van der Waals surface area contributed by atoms with Crippen molar-refractivity contribution in [3.8, 4) is 0 Å². The third kappa shape index (κ3) is 4.31. The van der Waals surface area contributed by atoms with Gasteiger partial charge in [-0.05, 0) is 37.8 Å². The van der Waals surface area contributed by atoms with E-state index in [1.807, 2.05) is 0 Å². The molecule has 1 saturated heterocycles. The molecule has 2 aliphatic rings. The van der Waals surface area contributed by atoms with Crippen LogP contribution < -0.4 is 0 Å². The minimum atomic E-state index is -0.697. The fourth-order valence-corrected chi connectivity index (χ4v) is 3.52. The standard InChI is InChI=1S/C18H26N2O2/c21-18(22)14-20(16-9-10-16)13-17-8-4-5-11-19(17)12-15-6-2-1-3-7-15/h1-3,6-7,16-17H,4-5,8-14H2,(H,21,22)/t17-/m1/s1. The molecular weight excluding hydrogens is 276 g/mol. The Kier molecular flexibility index (Phi) is 5.11. The Morgan fingerprint density at radius 3 is 2.64 bits per heavy atom. The summed E-state index contributed by atoms with van der Waals surface area (Å²) < 4.78 is 0. The molecule has 2 fully saturated rings. The Hall–Kier alpha value is -1.39. The van der Waals surface area contributed by atoms with Gasteiger partial charge in [0.05, 0.1) is 6.54 Å². The predicted octanol–water partition coefficient (Wildman–Crippen LogP) is 2.59. The molecule has 0 spiro atoms. The van der Waals surface area contributed by atoms with Crippen molar-refractivity contribution in [2.24, 2.45) is 0 Å². The molecule has 120 valence electrons. The van der Waals surface area contributed by atoms with Crippen LogP contribution in [0, 0.1) is 0 Å². The number of hydrogen-bond donors (Lipinski definition) is 1. The van der Waals surface area contributed by atoms with Gasteiger partial charge in [0.1, 0.15) is 0 Å². The molecule has 22 heavy (non-hydrogen) atoms. The summed E-state index contributed by atoms with van der Waals surface area (Å²) in [7, 11) is 0. The monoisotopic (exact) mass is 302 g/mol. The zero-order valence-corrected chi connectivity index (χ0v) is 13.2. The van der Waals surface area contributed by atoms with Gasteiger partial charge < -0.3 is 5.11 Å². The SMILES string of the molecule is O=C(O)CN(C[C@H]1CCCCN1Cc1ccccc1)C1CC1. The lowest BCUT2D eigenvalue weighted by atomic mass is 10.0. The van der Waals surface area contributed by atoms with E-state index >= 15 is 0 Å². The van der Waals surface area contributed by atoms with Gasteiger partial charge in [0, 0.05) is 25.2 Å². The minimum Gasteiger partial charge on any atom is -0.480 e. The molecule has 1 saturated carbocycles. The van der Waals surface area contributed by atoms with Crippen LogP contribution in [0.1, 0.15) is 37.7 Å². The van der Waals surface area contributed by atoms with Gasteiger partial charge in [-0.2, -0.15) is 0 Å². The number of rotatable bonds is 7. The number of benzene rings is 1. The predicted molar refractivity (Wildman–Crippen MR) is 86.7 cm³/mol. The summed E-state index contributed by atoms with van der Waals surface area (Å²) >= 11 is 0. The molecule has 1 aromatic rings. The van der Waals surface area contributed by atoms with E-state index < -0.39 is 5.97 Å². The van der Waals surface area contributed by atoms with E-state index in [0.717, 1.165) is 19.6 Å².